The molecule has 1 aromatic carbocycles. The average molecular weight is 307 g/mol. The van der Waals surface area contributed by atoms with Crippen molar-refractivity contribution in [1.29, 1.82) is 0 Å². The van der Waals surface area contributed by atoms with Crippen molar-refractivity contribution in [2.45, 2.75) is 19.0 Å². The third-order valence-corrected chi connectivity index (χ3v) is 5.76. The number of hydrogen-bond donors (Lipinski definition) is 3. The number of amides is 2. The summed E-state index contributed by atoms with van der Waals surface area (Å²) in [6, 6.07) is 7.50. The Hall–Kier alpha value is -2.02. The smallest absolute Gasteiger partial charge is 0.315 e. The molecule has 1 aromatic heterocycles. The van der Waals surface area contributed by atoms with Crippen LogP contribution in [0, 0.1) is 0 Å². The first-order valence-corrected chi connectivity index (χ1v) is 8.51. The quantitative estimate of drug-likeness (QED) is 0.794. The summed E-state index contributed by atoms with van der Waals surface area (Å²) in [4.78, 5) is 15.0. The molecule has 0 unspecified atom stereocenters. The molecule has 1 saturated heterocycles. The Morgan fingerprint density at radius 1 is 1.33 bits per heavy atom. The lowest BCUT2D eigenvalue weighted by Crippen LogP contribution is -2.64. The van der Waals surface area contributed by atoms with E-state index in [1.165, 1.54) is 0 Å². The van der Waals surface area contributed by atoms with Crippen LogP contribution >= 0.6 is 0 Å². The Balaban J connectivity index is 1.59. The molecule has 0 bridgehead atoms. The minimum Gasteiger partial charge on any atom is -0.361 e. The van der Waals surface area contributed by atoms with Gasteiger partial charge >= 0.3 is 6.03 Å². The molecule has 112 valence electrons. The number of sulfone groups is 1. The van der Waals surface area contributed by atoms with Crippen molar-refractivity contribution in [3.05, 3.63) is 36.0 Å². The van der Waals surface area contributed by atoms with Crippen molar-refractivity contribution in [1.82, 2.24) is 15.6 Å². The zero-order valence-corrected chi connectivity index (χ0v) is 12.5. The molecule has 3 N–H and O–H groups in total. The molecule has 2 aromatic rings. The second kappa shape index (κ2) is 4.77. The van der Waals surface area contributed by atoms with Gasteiger partial charge in [-0.05, 0) is 18.6 Å². The monoisotopic (exact) mass is 307 g/mol. The zero-order chi connectivity index (χ0) is 15.1. The van der Waals surface area contributed by atoms with Gasteiger partial charge in [0.05, 0.1) is 17.0 Å². The molecule has 0 aliphatic carbocycles. The van der Waals surface area contributed by atoms with Gasteiger partial charge in [-0.25, -0.2) is 13.2 Å². The maximum atomic E-state index is 11.9. The first-order chi connectivity index (χ1) is 9.87. The number of H-pyrrole nitrogens is 1. The van der Waals surface area contributed by atoms with Gasteiger partial charge in [0, 0.05) is 23.6 Å². The number of nitrogens with one attached hydrogen (secondary N) is 3. The van der Waals surface area contributed by atoms with Crippen LogP contribution in [-0.4, -0.2) is 36.5 Å². The summed E-state index contributed by atoms with van der Waals surface area (Å²) in [6.45, 7) is 2.12. The third kappa shape index (κ3) is 2.87. The first kappa shape index (κ1) is 13.9. The maximum Gasteiger partial charge on any atom is 0.315 e. The molecule has 3 rings (SSSR count). The lowest BCUT2D eigenvalue weighted by Gasteiger charge is -2.38. The first-order valence-electron chi connectivity index (χ1n) is 6.68. The van der Waals surface area contributed by atoms with Gasteiger partial charge < -0.3 is 15.6 Å². The Morgan fingerprint density at radius 2 is 2.05 bits per heavy atom. The number of urea groups is 1. The standard InChI is InChI=1S/C14H17N3O3S/c1-14(8-21(19,20)9-14)17-13(18)16-7-10-6-15-12-5-3-2-4-11(10)12/h2-6,15H,7-9H2,1H3,(H2,16,17,18). The van der Waals surface area contributed by atoms with Crippen LogP contribution in [0.5, 0.6) is 0 Å². The highest BCUT2D eigenvalue weighted by Crippen LogP contribution is 2.22. The fourth-order valence-electron chi connectivity index (χ4n) is 2.77. The molecule has 0 radical (unpaired) electrons. The van der Waals surface area contributed by atoms with Crippen molar-refractivity contribution in [3.63, 3.8) is 0 Å². The van der Waals surface area contributed by atoms with E-state index in [0.29, 0.717) is 6.54 Å². The number of carbonyl (C=O) groups is 1. The third-order valence-electron chi connectivity index (χ3n) is 3.61. The van der Waals surface area contributed by atoms with Gasteiger partial charge in [-0.1, -0.05) is 18.2 Å². The second-order valence-corrected chi connectivity index (χ2v) is 7.82. The Morgan fingerprint density at radius 3 is 2.76 bits per heavy atom. The molecule has 21 heavy (non-hydrogen) atoms. The van der Waals surface area contributed by atoms with Crippen LogP contribution < -0.4 is 10.6 Å². The fraction of sp³-hybridized carbons (Fsp3) is 0.357. The van der Waals surface area contributed by atoms with E-state index in [1.807, 2.05) is 30.5 Å². The van der Waals surface area contributed by atoms with Crippen molar-refractivity contribution in [2.24, 2.45) is 0 Å². The van der Waals surface area contributed by atoms with Crippen LogP contribution in [0.3, 0.4) is 0 Å². The number of rotatable bonds is 3. The van der Waals surface area contributed by atoms with Gasteiger partial charge in [0.2, 0.25) is 0 Å². The van der Waals surface area contributed by atoms with Crippen LogP contribution in [0.2, 0.25) is 0 Å². The summed E-state index contributed by atoms with van der Waals surface area (Å²) in [5.74, 6) is 0.00100. The topological polar surface area (TPSA) is 91.1 Å². The van der Waals surface area contributed by atoms with Gasteiger partial charge in [0.15, 0.2) is 9.84 Å². The molecule has 1 fully saturated rings. The predicted octanol–water partition coefficient (Wildman–Crippen LogP) is 1.15. The summed E-state index contributed by atoms with van der Waals surface area (Å²) >= 11 is 0. The number of aromatic nitrogens is 1. The Bertz CT molecular complexity index is 783. The zero-order valence-electron chi connectivity index (χ0n) is 11.6. The number of para-hydroxylation sites is 1. The number of benzene rings is 1. The van der Waals surface area contributed by atoms with Crippen molar-refractivity contribution >= 4 is 26.8 Å². The van der Waals surface area contributed by atoms with E-state index in [4.69, 9.17) is 0 Å². The SMILES string of the molecule is CC1(NC(=O)NCc2c[nH]c3ccccc23)CS(=O)(=O)C1. The average Bonchev–Trinajstić information content (AvgIpc) is 2.76. The van der Waals surface area contributed by atoms with Crippen LogP contribution in [0.4, 0.5) is 4.79 Å². The minimum atomic E-state index is -2.97. The molecule has 0 spiro atoms. The van der Waals surface area contributed by atoms with Gasteiger partial charge in [-0.15, -0.1) is 0 Å². The molecular weight excluding hydrogens is 290 g/mol. The van der Waals surface area contributed by atoms with E-state index in [1.54, 1.807) is 6.92 Å². The van der Waals surface area contributed by atoms with Crippen molar-refractivity contribution in [2.75, 3.05) is 11.5 Å². The van der Waals surface area contributed by atoms with Gasteiger partial charge in [0.25, 0.3) is 0 Å². The van der Waals surface area contributed by atoms with E-state index in [9.17, 15) is 13.2 Å². The predicted molar refractivity (Wildman–Crippen MR) is 80.7 cm³/mol. The largest absolute Gasteiger partial charge is 0.361 e. The van der Waals surface area contributed by atoms with E-state index < -0.39 is 15.4 Å². The molecule has 7 heteroatoms. The lowest BCUT2D eigenvalue weighted by molar-refractivity contribution is 0.230. The summed E-state index contributed by atoms with van der Waals surface area (Å²) in [5, 5.41) is 6.55. The van der Waals surface area contributed by atoms with Crippen LogP contribution in [0.15, 0.2) is 30.5 Å². The molecule has 1 aliphatic rings. The molecule has 2 amide bonds. The van der Waals surface area contributed by atoms with Crippen molar-refractivity contribution in [3.8, 4) is 0 Å². The molecular formula is C14H17N3O3S. The second-order valence-electron chi connectivity index (χ2n) is 5.76. The maximum absolute atomic E-state index is 11.9. The van der Waals surface area contributed by atoms with Crippen LogP contribution in [-0.2, 0) is 16.4 Å². The highest BCUT2D eigenvalue weighted by molar-refractivity contribution is 7.93. The molecule has 6 nitrogen and oxygen atoms in total. The minimum absolute atomic E-state index is 0.000501. The molecule has 2 heterocycles. The number of aromatic amines is 1. The van der Waals surface area contributed by atoms with Gasteiger partial charge in [-0.3, -0.25) is 0 Å². The van der Waals surface area contributed by atoms with E-state index in [2.05, 4.69) is 15.6 Å². The van der Waals surface area contributed by atoms with Gasteiger partial charge in [-0.2, -0.15) is 0 Å². The summed E-state index contributed by atoms with van der Waals surface area (Å²) in [5.41, 5.74) is 1.36. The number of carbonyl (C=O) groups excluding carboxylic acids is 1. The van der Waals surface area contributed by atoms with E-state index >= 15 is 0 Å². The Kier molecular flexibility index (Phi) is 3.16. The van der Waals surface area contributed by atoms with E-state index in [-0.39, 0.29) is 17.5 Å². The van der Waals surface area contributed by atoms with E-state index in [0.717, 1.165) is 16.5 Å². The number of hydrogen-bond acceptors (Lipinski definition) is 3. The molecule has 0 saturated carbocycles. The number of fused-ring (bicyclic) bond motifs is 1. The lowest BCUT2D eigenvalue weighted by atomic mass is 10.1. The van der Waals surface area contributed by atoms with Gasteiger partial charge in [0.1, 0.15) is 0 Å². The summed E-state index contributed by atoms with van der Waals surface area (Å²) < 4.78 is 22.4. The molecule has 1 aliphatic heterocycles. The highest BCUT2D eigenvalue weighted by Gasteiger charge is 2.45. The van der Waals surface area contributed by atoms with Crippen LogP contribution in [0.25, 0.3) is 10.9 Å². The molecule has 0 atom stereocenters. The Labute approximate surface area is 122 Å². The van der Waals surface area contributed by atoms with Crippen LogP contribution in [0.1, 0.15) is 12.5 Å². The summed E-state index contributed by atoms with van der Waals surface area (Å²) in [6.07, 6.45) is 1.86. The normalized spacial score (nSPS) is 18.9. The van der Waals surface area contributed by atoms with Crippen molar-refractivity contribution < 1.29 is 13.2 Å². The highest BCUT2D eigenvalue weighted by atomic mass is 32.2. The fourth-order valence-corrected chi connectivity index (χ4v) is 4.77. The summed E-state index contributed by atoms with van der Waals surface area (Å²) in [7, 11) is -2.97.